The van der Waals surface area contributed by atoms with Crippen LogP contribution in [0, 0.1) is 42.1 Å². The maximum atomic E-state index is 14.3. The largest absolute Gasteiger partial charge is 0.207 e. The Labute approximate surface area is 175 Å². The standard InChI is InChI=1S/C26H39F3/c1-3-4-5-6-19-7-9-20(10-8-19)11-12-21-13-15-22(16-14-21)23-17-24(27)18(2)25(28)26(23)29/h17,19-22H,3-16H2,1-2H3/t19-,20-,21?,22?. The Bertz CT molecular complexity index is 638. The Morgan fingerprint density at radius 2 is 1.24 bits per heavy atom. The molecule has 0 nitrogen and oxygen atoms in total. The summed E-state index contributed by atoms with van der Waals surface area (Å²) in [6.07, 6.45) is 17.6. The molecule has 2 aliphatic rings. The van der Waals surface area contributed by atoms with Crippen LogP contribution in [0.2, 0.25) is 0 Å². The van der Waals surface area contributed by atoms with Crippen LogP contribution in [-0.2, 0) is 0 Å². The summed E-state index contributed by atoms with van der Waals surface area (Å²) in [5.41, 5.74) is 0.0467. The molecule has 3 heteroatoms. The van der Waals surface area contributed by atoms with E-state index in [2.05, 4.69) is 6.92 Å². The van der Waals surface area contributed by atoms with E-state index in [9.17, 15) is 13.2 Å². The van der Waals surface area contributed by atoms with E-state index in [0.717, 1.165) is 37.5 Å². The first kappa shape index (κ1) is 22.7. The van der Waals surface area contributed by atoms with Crippen LogP contribution in [0.1, 0.15) is 114 Å². The molecule has 29 heavy (non-hydrogen) atoms. The van der Waals surface area contributed by atoms with Crippen molar-refractivity contribution in [3.8, 4) is 0 Å². The Morgan fingerprint density at radius 1 is 0.724 bits per heavy atom. The van der Waals surface area contributed by atoms with Gasteiger partial charge in [0, 0.05) is 5.56 Å². The summed E-state index contributed by atoms with van der Waals surface area (Å²) in [5, 5.41) is 0. The van der Waals surface area contributed by atoms with E-state index < -0.39 is 17.5 Å². The first-order valence-electron chi connectivity index (χ1n) is 12.1. The zero-order valence-electron chi connectivity index (χ0n) is 18.4. The number of halogens is 3. The van der Waals surface area contributed by atoms with Crippen molar-refractivity contribution in [2.75, 3.05) is 0 Å². The van der Waals surface area contributed by atoms with Gasteiger partial charge in [-0.05, 0) is 67.9 Å². The Hall–Kier alpha value is -0.990. The van der Waals surface area contributed by atoms with E-state index in [-0.39, 0.29) is 17.0 Å². The molecule has 3 rings (SSSR count). The summed E-state index contributed by atoms with van der Waals surface area (Å²) in [6.45, 7) is 3.57. The van der Waals surface area contributed by atoms with Crippen LogP contribution in [-0.4, -0.2) is 0 Å². The topological polar surface area (TPSA) is 0 Å². The monoisotopic (exact) mass is 408 g/mol. The maximum Gasteiger partial charge on any atom is 0.164 e. The van der Waals surface area contributed by atoms with Crippen molar-refractivity contribution < 1.29 is 13.2 Å². The number of benzene rings is 1. The summed E-state index contributed by atoms with van der Waals surface area (Å²) >= 11 is 0. The van der Waals surface area contributed by atoms with Gasteiger partial charge in [0.2, 0.25) is 0 Å². The molecule has 0 spiro atoms. The van der Waals surface area contributed by atoms with Crippen molar-refractivity contribution in [2.45, 2.75) is 110 Å². The van der Waals surface area contributed by atoms with Gasteiger partial charge in [0.15, 0.2) is 11.6 Å². The molecule has 1 aromatic rings. The maximum absolute atomic E-state index is 14.3. The lowest BCUT2D eigenvalue weighted by Gasteiger charge is -2.32. The molecule has 0 saturated heterocycles. The van der Waals surface area contributed by atoms with E-state index in [4.69, 9.17) is 0 Å². The molecule has 0 aromatic heterocycles. The Morgan fingerprint density at radius 3 is 1.79 bits per heavy atom. The molecule has 0 aliphatic heterocycles. The van der Waals surface area contributed by atoms with Gasteiger partial charge < -0.3 is 0 Å². The highest BCUT2D eigenvalue weighted by molar-refractivity contribution is 5.30. The molecule has 0 radical (unpaired) electrons. The molecule has 0 bridgehead atoms. The summed E-state index contributed by atoms with van der Waals surface area (Å²) < 4.78 is 42.1. The van der Waals surface area contributed by atoms with Crippen molar-refractivity contribution in [2.24, 2.45) is 17.8 Å². The van der Waals surface area contributed by atoms with Crippen LogP contribution < -0.4 is 0 Å². The van der Waals surface area contributed by atoms with Gasteiger partial charge in [-0.15, -0.1) is 0 Å². The number of unbranched alkanes of at least 4 members (excludes halogenated alkanes) is 2. The molecule has 2 saturated carbocycles. The zero-order chi connectivity index (χ0) is 20.8. The molecule has 1 aromatic carbocycles. The van der Waals surface area contributed by atoms with Gasteiger partial charge in [-0.1, -0.05) is 71.1 Å². The molecule has 2 aliphatic carbocycles. The third kappa shape index (κ3) is 6.01. The second-order valence-electron chi connectivity index (χ2n) is 9.88. The lowest BCUT2D eigenvalue weighted by Crippen LogP contribution is -2.18. The second kappa shape index (κ2) is 10.9. The molecule has 0 heterocycles. The van der Waals surface area contributed by atoms with E-state index >= 15 is 0 Å². The van der Waals surface area contributed by atoms with Gasteiger partial charge >= 0.3 is 0 Å². The quantitative estimate of drug-likeness (QED) is 0.298. The third-order valence-corrected chi connectivity index (χ3v) is 7.87. The highest BCUT2D eigenvalue weighted by atomic mass is 19.2. The minimum Gasteiger partial charge on any atom is -0.207 e. The Balaban J connectivity index is 1.39. The normalized spacial score (nSPS) is 27.9. The molecular formula is C26H39F3. The predicted molar refractivity (Wildman–Crippen MR) is 115 cm³/mol. The van der Waals surface area contributed by atoms with Crippen LogP contribution in [0.4, 0.5) is 13.2 Å². The summed E-state index contributed by atoms with van der Waals surface area (Å²) in [6, 6.07) is 1.23. The first-order chi connectivity index (χ1) is 14.0. The van der Waals surface area contributed by atoms with Gasteiger partial charge in [-0.2, -0.15) is 0 Å². The second-order valence-corrected chi connectivity index (χ2v) is 9.88. The molecule has 0 N–H and O–H groups in total. The van der Waals surface area contributed by atoms with E-state index in [1.807, 2.05) is 0 Å². The average molecular weight is 409 g/mol. The van der Waals surface area contributed by atoms with Crippen LogP contribution >= 0.6 is 0 Å². The molecule has 0 amide bonds. The van der Waals surface area contributed by atoms with Crippen LogP contribution in [0.15, 0.2) is 6.07 Å². The van der Waals surface area contributed by atoms with E-state index in [0.29, 0.717) is 5.92 Å². The molecule has 164 valence electrons. The number of hydrogen-bond acceptors (Lipinski definition) is 0. The van der Waals surface area contributed by atoms with Crippen molar-refractivity contribution in [3.63, 3.8) is 0 Å². The van der Waals surface area contributed by atoms with Gasteiger partial charge in [0.25, 0.3) is 0 Å². The summed E-state index contributed by atoms with van der Waals surface area (Å²) in [4.78, 5) is 0. The van der Waals surface area contributed by atoms with Crippen molar-refractivity contribution in [1.82, 2.24) is 0 Å². The average Bonchev–Trinajstić information content (AvgIpc) is 2.75. The minimum absolute atomic E-state index is 0.0330. The highest BCUT2D eigenvalue weighted by Crippen LogP contribution is 2.41. The highest BCUT2D eigenvalue weighted by Gasteiger charge is 2.28. The van der Waals surface area contributed by atoms with Crippen LogP contribution in [0.5, 0.6) is 0 Å². The number of hydrogen-bond donors (Lipinski definition) is 0. The van der Waals surface area contributed by atoms with Crippen LogP contribution in [0.25, 0.3) is 0 Å². The fourth-order valence-electron chi connectivity index (χ4n) is 5.73. The molecule has 0 atom stereocenters. The lowest BCUT2D eigenvalue weighted by atomic mass is 9.73. The summed E-state index contributed by atoms with van der Waals surface area (Å²) in [7, 11) is 0. The van der Waals surface area contributed by atoms with E-state index in [1.54, 1.807) is 0 Å². The zero-order valence-corrected chi connectivity index (χ0v) is 18.4. The SMILES string of the molecule is CCCCC[C@H]1CC[C@H](CCC2CCC(c3cc(F)c(C)c(F)c3F)CC2)CC1. The minimum atomic E-state index is -1.01. The molecule has 2 fully saturated rings. The van der Waals surface area contributed by atoms with Gasteiger partial charge in [0.1, 0.15) is 5.82 Å². The molecule has 0 unspecified atom stereocenters. The van der Waals surface area contributed by atoms with Crippen LogP contribution in [0.3, 0.4) is 0 Å². The fraction of sp³-hybridized carbons (Fsp3) is 0.769. The third-order valence-electron chi connectivity index (χ3n) is 7.87. The van der Waals surface area contributed by atoms with Gasteiger partial charge in [-0.25, -0.2) is 13.2 Å². The van der Waals surface area contributed by atoms with Crippen molar-refractivity contribution in [1.29, 1.82) is 0 Å². The smallest absolute Gasteiger partial charge is 0.164 e. The van der Waals surface area contributed by atoms with Gasteiger partial charge in [-0.3, -0.25) is 0 Å². The van der Waals surface area contributed by atoms with E-state index in [1.165, 1.54) is 77.2 Å². The number of rotatable bonds is 8. The lowest BCUT2D eigenvalue weighted by molar-refractivity contribution is 0.221. The predicted octanol–water partition coefficient (Wildman–Crippen LogP) is 8.85. The van der Waals surface area contributed by atoms with Gasteiger partial charge in [0.05, 0.1) is 0 Å². The van der Waals surface area contributed by atoms with Crippen molar-refractivity contribution >= 4 is 0 Å². The summed E-state index contributed by atoms with van der Waals surface area (Å²) in [5.74, 6) is 0.0826. The Kier molecular flexibility index (Phi) is 8.50. The fourth-order valence-corrected chi connectivity index (χ4v) is 5.73. The molecular weight excluding hydrogens is 369 g/mol. The first-order valence-corrected chi connectivity index (χ1v) is 12.1. The van der Waals surface area contributed by atoms with Crippen molar-refractivity contribution in [3.05, 3.63) is 34.6 Å².